The van der Waals surface area contributed by atoms with Gasteiger partial charge in [-0.25, -0.2) is 19.9 Å². The monoisotopic (exact) mass is 403 g/mol. The number of carbonyl (C=O) groups excluding carboxylic acids is 1. The number of benzene rings is 1. The van der Waals surface area contributed by atoms with E-state index in [-0.39, 0.29) is 5.91 Å². The summed E-state index contributed by atoms with van der Waals surface area (Å²) in [6.45, 7) is 3.27. The Morgan fingerprint density at radius 1 is 1.00 bits per heavy atom. The van der Waals surface area contributed by atoms with Crippen LogP contribution in [0.2, 0.25) is 0 Å². The van der Waals surface area contributed by atoms with Gasteiger partial charge in [0.05, 0.1) is 0 Å². The van der Waals surface area contributed by atoms with Gasteiger partial charge in [-0.05, 0) is 18.2 Å². The zero-order valence-corrected chi connectivity index (χ0v) is 16.4. The zero-order valence-electron chi connectivity index (χ0n) is 16.4. The van der Waals surface area contributed by atoms with Gasteiger partial charge in [-0.2, -0.15) is 0 Å². The van der Waals surface area contributed by atoms with Crippen LogP contribution in [0.15, 0.2) is 53.5 Å². The molecule has 1 saturated heterocycles. The molecule has 4 aromatic rings. The van der Waals surface area contributed by atoms with Gasteiger partial charge in [-0.3, -0.25) is 4.79 Å². The fourth-order valence-electron chi connectivity index (χ4n) is 3.71. The first-order valence-electron chi connectivity index (χ1n) is 9.95. The summed E-state index contributed by atoms with van der Waals surface area (Å²) in [4.78, 5) is 33.8. The molecule has 1 aliphatic heterocycles. The number of hydrogen-bond acceptors (Lipinski definition) is 8. The molecular formula is C21H21N7O2. The molecule has 0 radical (unpaired) electrons. The van der Waals surface area contributed by atoms with Crippen LogP contribution in [-0.4, -0.2) is 63.5 Å². The number of fused-ring (bicyclic) bond motifs is 3. The van der Waals surface area contributed by atoms with Crippen molar-refractivity contribution in [1.82, 2.24) is 24.8 Å². The SMILES string of the molecule is O=C(CCNc1ncnc2c1oc1ccccc12)N1CCN(c2ncccn2)CC1. The van der Waals surface area contributed by atoms with Gasteiger partial charge in [0.15, 0.2) is 11.4 Å². The molecule has 3 aromatic heterocycles. The molecule has 0 atom stereocenters. The number of rotatable bonds is 5. The van der Waals surface area contributed by atoms with Crippen LogP contribution in [0.1, 0.15) is 6.42 Å². The van der Waals surface area contributed by atoms with E-state index in [1.54, 1.807) is 18.5 Å². The summed E-state index contributed by atoms with van der Waals surface area (Å²) in [5.74, 6) is 1.44. The van der Waals surface area contributed by atoms with Crippen molar-refractivity contribution in [1.29, 1.82) is 0 Å². The van der Waals surface area contributed by atoms with Crippen LogP contribution in [0, 0.1) is 0 Å². The topological polar surface area (TPSA) is 100 Å². The number of hydrogen-bond donors (Lipinski definition) is 1. The highest BCUT2D eigenvalue weighted by molar-refractivity contribution is 6.05. The molecule has 1 amide bonds. The zero-order chi connectivity index (χ0) is 20.3. The lowest BCUT2D eigenvalue weighted by Gasteiger charge is -2.34. The number of para-hydroxylation sites is 1. The third kappa shape index (κ3) is 3.49. The summed E-state index contributed by atoms with van der Waals surface area (Å²) >= 11 is 0. The summed E-state index contributed by atoms with van der Waals surface area (Å²) in [6, 6.07) is 9.56. The van der Waals surface area contributed by atoms with Gasteiger partial charge in [0, 0.05) is 56.9 Å². The smallest absolute Gasteiger partial charge is 0.225 e. The van der Waals surface area contributed by atoms with Crippen molar-refractivity contribution in [3.8, 4) is 0 Å². The molecule has 0 unspecified atom stereocenters. The second kappa shape index (κ2) is 7.94. The minimum Gasteiger partial charge on any atom is -0.450 e. The van der Waals surface area contributed by atoms with Crippen molar-refractivity contribution >= 4 is 39.7 Å². The maximum Gasteiger partial charge on any atom is 0.225 e. The van der Waals surface area contributed by atoms with Crippen molar-refractivity contribution in [3.05, 3.63) is 49.1 Å². The standard InChI is InChI=1S/C21H21N7O2/c29-17(27-10-12-28(13-11-27)21-23-7-3-8-24-21)6-9-22-20-19-18(25-14-26-20)15-4-1-2-5-16(15)30-19/h1-5,7-8,14H,6,9-13H2,(H,22,25,26). The predicted molar refractivity (Wildman–Crippen MR) is 113 cm³/mol. The molecule has 1 aromatic carbocycles. The third-order valence-corrected chi connectivity index (χ3v) is 5.26. The molecule has 0 spiro atoms. The Morgan fingerprint density at radius 3 is 2.63 bits per heavy atom. The minimum atomic E-state index is 0.117. The van der Waals surface area contributed by atoms with E-state index in [9.17, 15) is 4.79 Å². The maximum atomic E-state index is 12.6. The lowest BCUT2D eigenvalue weighted by molar-refractivity contribution is -0.131. The molecule has 0 bridgehead atoms. The summed E-state index contributed by atoms with van der Waals surface area (Å²) in [7, 11) is 0. The highest BCUT2D eigenvalue weighted by Crippen LogP contribution is 2.30. The summed E-state index contributed by atoms with van der Waals surface area (Å²) in [5.41, 5.74) is 2.16. The first-order chi connectivity index (χ1) is 14.8. The second-order valence-corrected chi connectivity index (χ2v) is 7.09. The third-order valence-electron chi connectivity index (χ3n) is 5.26. The van der Waals surface area contributed by atoms with Crippen molar-refractivity contribution < 1.29 is 9.21 Å². The first-order valence-corrected chi connectivity index (χ1v) is 9.95. The number of anilines is 2. The van der Waals surface area contributed by atoms with E-state index in [1.807, 2.05) is 29.2 Å². The van der Waals surface area contributed by atoms with Crippen molar-refractivity contribution in [2.24, 2.45) is 0 Å². The van der Waals surface area contributed by atoms with E-state index in [4.69, 9.17) is 4.42 Å². The average molecular weight is 403 g/mol. The van der Waals surface area contributed by atoms with Crippen LogP contribution in [0.4, 0.5) is 11.8 Å². The largest absolute Gasteiger partial charge is 0.450 e. The Morgan fingerprint density at radius 2 is 1.80 bits per heavy atom. The number of nitrogens with one attached hydrogen (secondary N) is 1. The highest BCUT2D eigenvalue weighted by Gasteiger charge is 2.22. The van der Waals surface area contributed by atoms with Crippen LogP contribution in [0.5, 0.6) is 0 Å². The minimum absolute atomic E-state index is 0.117. The van der Waals surface area contributed by atoms with Gasteiger partial charge in [0.2, 0.25) is 11.9 Å². The fourth-order valence-corrected chi connectivity index (χ4v) is 3.71. The summed E-state index contributed by atoms with van der Waals surface area (Å²) in [5, 5.41) is 4.18. The Kier molecular flexibility index (Phi) is 4.84. The van der Waals surface area contributed by atoms with Gasteiger partial charge >= 0.3 is 0 Å². The number of amides is 1. The Hall–Kier alpha value is -3.75. The highest BCUT2D eigenvalue weighted by atomic mass is 16.3. The normalized spacial score (nSPS) is 14.4. The number of aromatic nitrogens is 4. The van der Waals surface area contributed by atoms with E-state index in [0.29, 0.717) is 43.4 Å². The molecule has 1 aliphatic rings. The first kappa shape index (κ1) is 18.3. The van der Waals surface area contributed by atoms with Gasteiger partial charge in [0.25, 0.3) is 0 Å². The number of furan rings is 1. The van der Waals surface area contributed by atoms with Crippen LogP contribution >= 0.6 is 0 Å². The number of carbonyl (C=O) groups is 1. The Bertz CT molecular complexity index is 1170. The van der Waals surface area contributed by atoms with Crippen molar-refractivity contribution in [2.75, 3.05) is 42.9 Å². The average Bonchev–Trinajstić information content (AvgIpc) is 3.19. The molecule has 4 heterocycles. The lowest BCUT2D eigenvalue weighted by atomic mass is 10.2. The molecule has 30 heavy (non-hydrogen) atoms. The summed E-state index contributed by atoms with van der Waals surface area (Å²) < 4.78 is 5.91. The number of nitrogens with zero attached hydrogens (tertiary/aromatic N) is 6. The molecule has 9 heteroatoms. The number of piperazine rings is 1. The van der Waals surface area contributed by atoms with E-state index >= 15 is 0 Å². The summed E-state index contributed by atoms with van der Waals surface area (Å²) in [6.07, 6.45) is 5.36. The quantitative estimate of drug-likeness (QED) is 0.542. The maximum absolute atomic E-state index is 12.6. The van der Waals surface area contributed by atoms with Crippen LogP contribution < -0.4 is 10.2 Å². The van der Waals surface area contributed by atoms with Crippen molar-refractivity contribution in [3.63, 3.8) is 0 Å². The van der Waals surface area contributed by atoms with E-state index < -0.39 is 0 Å². The van der Waals surface area contributed by atoms with Crippen LogP contribution in [0.25, 0.3) is 22.1 Å². The molecule has 0 saturated carbocycles. The molecule has 5 rings (SSSR count). The van der Waals surface area contributed by atoms with Crippen LogP contribution in [-0.2, 0) is 4.79 Å². The van der Waals surface area contributed by atoms with E-state index in [1.165, 1.54) is 6.33 Å². The van der Waals surface area contributed by atoms with E-state index in [2.05, 4.69) is 30.2 Å². The molecular weight excluding hydrogens is 382 g/mol. The Labute approximate surface area is 172 Å². The Balaban J connectivity index is 1.18. The fraction of sp³-hybridized carbons (Fsp3) is 0.286. The van der Waals surface area contributed by atoms with Gasteiger partial charge < -0.3 is 19.5 Å². The molecule has 1 fully saturated rings. The molecule has 9 nitrogen and oxygen atoms in total. The second-order valence-electron chi connectivity index (χ2n) is 7.09. The molecule has 1 N–H and O–H groups in total. The molecule has 0 aliphatic carbocycles. The lowest BCUT2D eigenvalue weighted by Crippen LogP contribution is -2.49. The van der Waals surface area contributed by atoms with Gasteiger partial charge in [-0.1, -0.05) is 12.1 Å². The van der Waals surface area contributed by atoms with Crippen LogP contribution in [0.3, 0.4) is 0 Å². The van der Waals surface area contributed by atoms with Gasteiger partial charge in [0.1, 0.15) is 17.4 Å². The van der Waals surface area contributed by atoms with Gasteiger partial charge in [-0.15, -0.1) is 0 Å². The predicted octanol–water partition coefficient (Wildman–Crippen LogP) is 2.32. The van der Waals surface area contributed by atoms with E-state index in [0.717, 1.165) is 29.6 Å². The molecule has 152 valence electrons. The van der Waals surface area contributed by atoms with Crippen molar-refractivity contribution in [2.45, 2.75) is 6.42 Å².